The Morgan fingerprint density at radius 2 is 2.36 bits per heavy atom. The first-order valence-electron chi connectivity index (χ1n) is 3.57. The summed E-state index contributed by atoms with van der Waals surface area (Å²) >= 11 is 6.64. The first-order chi connectivity index (χ1) is 5.20. The fourth-order valence-electron chi connectivity index (χ4n) is 0.757. The van der Waals surface area contributed by atoms with E-state index < -0.39 is 0 Å². The Bertz CT molecular complexity index is 119. The van der Waals surface area contributed by atoms with Crippen LogP contribution in [0.1, 0.15) is 13.3 Å². The van der Waals surface area contributed by atoms with Crippen molar-refractivity contribution in [1.82, 2.24) is 5.32 Å². The number of aliphatic hydroxyl groups excluding tert-OH is 1. The average molecular weight is 193 g/mol. The monoisotopic (exact) mass is 193 g/mol. The van der Waals surface area contributed by atoms with Crippen LogP contribution in [0.5, 0.6) is 0 Å². The molecule has 4 heteroatoms. The minimum atomic E-state index is 0.139. The van der Waals surface area contributed by atoms with E-state index in [1.165, 1.54) is 0 Å². The summed E-state index contributed by atoms with van der Waals surface area (Å²) in [6.07, 6.45) is 3.02. The normalized spacial score (nSPS) is 12.6. The molecule has 0 unspecified atom stereocenters. The number of rotatable bonds is 5. The molecule has 0 bridgehead atoms. The quantitative estimate of drug-likeness (QED) is 0.639. The van der Waals surface area contributed by atoms with E-state index in [4.69, 9.17) is 17.3 Å². The summed E-state index contributed by atoms with van der Waals surface area (Å²) < 4.78 is 0. The van der Waals surface area contributed by atoms with Crippen molar-refractivity contribution in [3.63, 3.8) is 0 Å². The summed E-state index contributed by atoms with van der Waals surface area (Å²) in [5.41, 5.74) is 0. The molecule has 66 valence electrons. The number of hydrogen-bond acceptors (Lipinski definition) is 3. The van der Waals surface area contributed by atoms with Crippen LogP contribution >= 0.6 is 24.0 Å². The maximum Gasteiger partial charge on any atom is 0.0724 e. The summed E-state index contributed by atoms with van der Waals surface area (Å²) in [5, 5.41) is 11.9. The van der Waals surface area contributed by atoms with Gasteiger partial charge in [0.25, 0.3) is 0 Å². The fourth-order valence-corrected chi connectivity index (χ4v) is 1.44. The van der Waals surface area contributed by atoms with Gasteiger partial charge in [-0.2, -0.15) is 11.8 Å². The molecule has 0 radical (unpaired) electrons. The van der Waals surface area contributed by atoms with Crippen LogP contribution in [-0.4, -0.2) is 34.8 Å². The average Bonchev–Trinajstić information content (AvgIpc) is 1.97. The second-order valence-corrected chi connectivity index (χ2v) is 3.96. The van der Waals surface area contributed by atoms with Crippen molar-refractivity contribution in [2.24, 2.45) is 0 Å². The maximum absolute atomic E-state index is 8.87. The van der Waals surface area contributed by atoms with Crippen LogP contribution in [0.15, 0.2) is 0 Å². The molecule has 0 aromatic rings. The minimum absolute atomic E-state index is 0.139. The van der Waals surface area contributed by atoms with E-state index in [0.717, 1.165) is 17.2 Å². The minimum Gasteiger partial charge on any atom is -0.394 e. The van der Waals surface area contributed by atoms with Crippen LogP contribution in [0.25, 0.3) is 0 Å². The van der Waals surface area contributed by atoms with Crippen LogP contribution in [0.2, 0.25) is 0 Å². The van der Waals surface area contributed by atoms with Gasteiger partial charge in [-0.05, 0) is 25.4 Å². The van der Waals surface area contributed by atoms with Crippen molar-refractivity contribution in [1.29, 1.82) is 0 Å². The van der Waals surface area contributed by atoms with Gasteiger partial charge in [-0.15, -0.1) is 0 Å². The second-order valence-electron chi connectivity index (χ2n) is 2.36. The smallest absolute Gasteiger partial charge is 0.0724 e. The predicted octanol–water partition coefficient (Wildman–Crippen LogP) is 1.04. The van der Waals surface area contributed by atoms with Crippen molar-refractivity contribution < 1.29 is 5.11 Å². The molecule has 0 fully saturated rings. The van der Waals surface area contributed by atoms with E-state index in [-0.39, 0.29) is 12.6 Å². The van der Waals surface area contributed by atoms with Crippen molar-refractivity contribution in [3.8, 4) is 0 Å². The van der Waals surface area contributed by atoms with Gasteiger partial charge >= 0.3 is 0 Å². The van der Waals surface area contributed by atoms with Crippen molar-refractivity contribution >= 4 is 29.0 Å². The maximum atomic E-state index is 8.87. The highest BCUT2D eigenvalue weighted by molar-refractivity contribution is 7.98. The summed E-state index contributed by atoms with van der Waals surface area (Å²) in [6.45, 7) is 1.99. The van der Waals surface area contributed by atoms with E-state index in [9.17, 15) is 0 Å². The zero-order valence-corrected chi connectivity index (χ0v) is 8.60. The number of nitrogens with one attached hydrogen (secondary N) is 1. The molecule has 2 N–H and O–H groups in total. The molecule has 0 spiro atoms. The Balaban J connectivity index is 3.49. The molecule has 0 aliphatic carbocycles. The summed E-state index contributed by atoms with van der Waals surface area (Å²) in [7, 11) is 0. The van der Waals surface area contributed by atoms with Crippen LogP contribution in [0.4, 0.5) is 0 Å². The summed E-state index contributed by atoms with van der Waals surface area (Å²) in [5.74, 6) is 1.06. The van der Waals surface area contributed by atoms with E-state index in [2.05, 4.69) is 11.6 Å². The zero-order valence-electron chi connectivity index (χ0n) is 6.96. The molecule has 0 saturated heterocycles. The Kier molecular flexibility index (Phi) is 7.01. The summed E-state index contributed by atoms with van der Waals surface area (Å²) in [6, 6.07) is 0.139. The van der Waals surface area contributed by atoms with Crippen LogP contribution in [0.3, 0.4) is 0 Å². The lowest BCUT2D eigenvalue weighted by atomic mass is 10.2. The van der Waals surface area contributed by atoms with E-state index in [1.54, 1.807) is 11.8 Å². The fraction of sp³-hybridized carbons (Fsp3) is 0.857. The topological polar surface area (TPSA) is 32.3 Å². The van der Waals surface area contributed by atoms with E-state index >= 15 is 0 Å². The number of hydrogen-bond donors (Lipinski definition) is 2. The highest BCUT2D eigenvalue weighted by Crippen LogP contribution is 1.99. The van der Waals surface area contributed by atoms with Crippen LogP contribution < -0.4 is 5.32 Å². The molecule has 0 amide bonds. The van der Waals surface area contributed by atoms with Gasteiger partial charge < -0.3 is 10.4 Å². The van der Waals surface area contributed by atoms with E-state index in [0.29, 0.717) is 0 Å². The van der Waals surface area contributed by atoms with Gasteiger partial charge in [0.2, 0.25) is 0 Å². The first-order valence-corrected chi connectivity index (χ1v) is 5.37. The second kappa shape index (κ2) is 6.88. The van der Waals surface area contributed by atoms with Crippen molar-refractivity contribution in [2.75, 3.05) is 18.6 Å². The lowest BCUT2D eigenvalue weighted by Gasteiger charge is -2.15. The molecule has 0 aliphatic heterocycles. The Morgan fingerprint density at radius 3 is 2.73 bits per heavy atom. The van der Waals surface area contributed by atoms with Gasteiger partial charge in [-0.25, -0.2) is 0 Å². The third-order valence-electron chi connectivity index (χ3n) is 1.30. The van der Waals surface area contributed by atoms with Gasteiger partial charge in [0.05, 0.1) is 17.6 Å². The largest absolute Gasteiger partial charge is 0.394 e. The van der Waals surface area contributed by atoms with Crippen molar-refractivity contribution in [3.05, 3.63) is 0 Å². The highest BCUT2D eigenvalue weighted by atomic mass is 32.2. The molecule has 0 rings (SSSR count). The molecular weight excluding hydrogens is 178 g/mol. The standard InChI is InChI=1S/C7H15NOS2/c1-6(10)8-7(5-9)3-4-11-2/h7,9H,3-5H2,1-2H3,(H,8,10)/t7-/m0/s1. The molecular formula is C7H15NOS2. The lowest BCUT2D eigenvalue weighted by molar-refractivity contribution is 0.253. The van der Waals surface area contributed by atoms with Gasteiger partial charge in [0.15, 0.2) is 0 Å². The van der Waals surface area contributed by atoms with Gasteiger partial charge in [-0.3, -0.25) is 0 Å². The number of thiocarbonyl (C=S) groups is 1. The zero-order chi connectivity index (χ0) is 8.69. The molecule has 2 nitrogen and oxygen atoms in total. The molecule has 0 aromatic carbocycles. The van der Waals surface area contributed by atoms with Gasteiger partial charge in [-0.1, -0.05) is 12.2 Å². The SMILES string of the molecule is CSCC[C@@H](CO)NC(C)=S. The van der Waals surface area contributed by atoms with Gasteiger partial charge in [0, 0.05) is 0 Å². The Morgan fingerprint density at radius 1 is 1.73 bits per heavy atom. The highest BCUT2D eigenvalue weighted by Gasteiger charge is 2.04. The van der Waals surface area contributed by atoms with E-state index in [1.807, 2.05) is 6.92 Å². The molecule has 0 aromatic heterocycles. The summed E-state index contributed by atoms with van der Waals surface area (Å²) in [4.78, 5) is 0.755. The molecule has 1 atom stereocenters. The van der Waals surface area contributed by atoms with Crippen LogP contribution in [-0.2, 0) is 0 Å². The Labute approximate surface area is 77.8 Å². The van der Waals surface area contributed by atoms with Crippen LogP contribution in [0, 0.1) is 0 Å². The van der Waals surface area contributed by atoms with Crippen molar-refractivity contribution in [2.45, 2.75) is 19.4 Å². The lowest BCUT2D eigenvalue weighted by Crippen LogP contribution is -2.35. The Hall–Kier alpha value is 0.200. The molecule has 0 heterocycles. The third kappa shape index (κ3) is 6.59. The first kappa shape index (κ1) is 11.2. The molecule has 11 heavy (non-hydrogen) atoms. The molecule has 0 saturated carbocycles. The number of aliphatic hydroxyl groups is 1. The predicted molar refractivity (Wildman–Crippen MR) is 55.3 cm³/mol. The third-order valence-corrected chi connectivity index (χ3v) is 2.06. The number of thioether (sulfide) groups is 1. The van der Waals surface area contributed by atoms with Gasteiger partial charge in [0.1, 0.15) is 0 Å². The molecule has 0 aliphatic rings.